The van der Waals surface area contributed by atoms with E-state index in [1.165, 1.54) is 0 Å². The fourth-order valence-corrected chi connectivity index (χ4v) is 3.18. The molecule has 4 aromatic rings. The van der Waals surface area contributed by atoms with E-state index in [1.807, 2.05) is 55.6 Å². The van der Waals surface area contributed by atoms with Gasteiger partial charge in [0.1, 0.15) is 5.76 Å². The molecule has 3 N–H and O–H groups in total. The van der Waals surface area contributed by atoms with Crippen LogP contribution in [0.2, 0.25) is 0 Å². The van der Waals surface area contributed by atoms with E-state index in [0.717, 1.165) is 16.8 Å². The molecule has 0 spiro atoms. The van der Waals surface area contributed by atoms with Crippen LogP contribution in [0.3, 0.4) is 0 Å². The third kappa shape index (κ3) is 5.63. The van der Waals surface area contributed by atoms with Crippen molar-refractivity contribution in [1.82, 2.24) is 15.1 Å². The highest BCUT2D eigenvalue weighted by Crippen LogP contribution is 2.14. The number of anilines is 2. The molecule has 2 aromatic heterocycles. The van der Waals surface area contributed by atoms with Crippen molar-refractivity contribution in [3.05, 3.63) is 102 Å². The van der Waals surface area contributed by atoms with E-state index in [2.05, 4.69) is 21.0 Å². The highest BCUT2D eigenvalue weighted by atomic mass is 16.4. The van der Waals surface area contributed by atoms with Crippen LogP contribution < -0.4 is 16.0 Å². The second kappa shape index (κ2) is 9.65. The topological polar surface area (TPSA) is 101 Å². The molecule has 8 nitrogen and oxygen atoms in total. The molecule has 32 heavy (non-hydrogen) atoms. The Morgan fingerprint density at radius 1 is 0.969 bits per heavy atom. The van der Waals surface area contributed by atoms with E-state index in [1.54, 1.807) is 35.1 Å². The summed E-state index contributed by atoms with van der Waals surface area (Å²) in [5.74, 6) is 0.566. The van der Waals surface area contributed by atoms with Gasteiger partial charge in [-0.2, -0.15) is 5.10 Å². The van der Waals surface area contributed by atoms with E-state index >= 15 is 0 Å². The van der Waals surface area contributed by atoms with Crippen LogP contribution in [0.25, 0.3) is 0 Å². The number of benzene rings is 2. The van der Waals surface area contributed by atoms with Crippen LogP contribution in [0, 0.1) is 6.92 Å². The SMILES string of the molecule is Cc1cccc(NC(=O)Nc2cccc(CNC(=O)c3ccc(Cn4cccn4)o3)c2)c1. The van der Waals surface area contributed by atoms with Crippen molar-refractivity contribution in [1.29, 1.82) is 0 Å². The predicted octanol–water partition coefficient (Wildman–Crippen LogP) is 4.41. The van der Waals surface area contributed by atoms with Crippen molar-refractivity contribution in [3.8, 4) is 0 Å². The largest absolute Gasteiger partial charge is 0.454 e. The number of rotatable bonds is 7. The lowest BCUT2D eigenvalue weighted by Gasteiger charge is -2.10. The summed E-state index contributed by atoms with van der Waals surface area (Å²) in [6.45, 7) is 2.71. The lowest BCUT2D eigenvalue weighted by atomic mass is 10.2. The van der Waals surface area contributed by atoms with E-state index < -0.39 is 0 Å². The summed E-state index contributed by atoms with van der Waals surface area (Å²) in [5.41, 5.74) is 3.25. The average molecular weight is 429 g/mol. The summed E-state index contributed by atoms with van der Waals surface area (Å²) < 4.78 is 7.33. The number of amides is 3. The maximum atomic E-state index is 12.4. The van der Waals surface area contributed by atoms with Crippen molar-refractivity contribution in [2.24, 2.45) is 0 Å². The first-order valence-electron chi connectivity index (χ1n) is 10.1. The second-order valence-corrected chi connectivity index (χ2v) is 7.30. The molecule has 0 fully saturated rings. The number of carbonyl (C=O) groups excluding carboxylic acids is 2. The number of furan rings is 1. The molecule has 3 amide bonds. The summed E-state index contributed by atoms with van der Waals surface area (Å²) in [6.07, 6.45) is 3.51. The number of nitrogens with one attached hydrogen (secondary N) is 3. The smallest absolute Gasteiger partial charge is 0.323 e. The van der Waals surface area contributed by atoms with Crippen molar-refractivity contribution in [2.45, 2.75) is 20.0 Å². The number of aromatic nitrogens is 2. The lowest BCUT2D eigenvalue weighted by Crippen LogP contribution is -2.22. The molecule has 4 rings (SSSR count). The fraction of sp³-hybridized carbons (Fsp3) is 0.125. The van der Waals surface area contributed by atoms with E-state index in [9.17, 15) is 9.59 Å². The predicted molar refractivity (Wildman–Crippen MR) is 121 cm³/mol. The zero-order valence-electron chi connectivity index (χ0n) is 17.5. The Morgan fingerprint density at radius 3 is 2.50 bits per heavy atom. The average Bonchev–Trinajstić information content (AvgIpc) is 3.45. The maximum absolute atomic E-state index is 12.4. The van der Waals surface area contributed by atoms with Crippen LogP contribution in [0.1, 0.15) is 27.4 Å². The molecule has 162 valence electrons. The Morgan fingerprint density at radius 2 is 1.75 bits per heavy atom. The maximum Gasteiger partial charge on any atom is 0.323 e. The summed E-state index contributed by atoms with van der Waals surface area (Å²) in [5, 5.41) is 12.6. The minimum atomic E-state index is -0.336. The standard InChI is InChI=1S/C24H23N5O3/c1-17-5-2-7-19(13-17)27-24(31)28-20-8-3-6-18(14-20)15-25-23(30)22-10-9-21(32-22)16-29-12-4-11-26-29/h2-14H,15-16H2,1H3,(H,25,30)(H2,27,28,31). The first kappa shape index (κ1) is 20.9. The van der Waals surface area contributed by atoms with E-state index in [-0.39, 0.29) is 17.7 Å². The normalized spacial score (nSPS) is 10.5. The summed E-state index contributed by atoms with van der Waals surface area (Å²) in [7, 11) is 0. The van der Waals surface area contributed by atoms with Crippen molar-refractivity contribution >= 4 is 23.3 Å². The van der Waals surface area contributed by atoms with Gasteiger partial charge < -0.3 is 20.4 Å². The van der Waals surface area contributed by atoms with Gasteiger partial charge in [0.2, 0.25) is 0 Å². The van der Waals surface area contributed by atoms with Gasteiger partial charge in [0.15, 0.2) is 5.76 Å². The molecule has 0 saturated carbocycles. The molecule has 2 heterocycles. The first-order chi connectivity index (χ1) is 15.5. The summed E-state index contributed by atoms with van der Waals surface area (Å²) in [6, 6.07) is 19.7. The van der Waals surface area contributed by atoms with Crippen LogP contribution in [0.4, 0.5) is 16.2 Å². The van der Waals surface area contributed by atoms with Crippen molar-refractivity contribution in [3.63, 3.8) is 0 Å². The van der Waals surface area contributed by atoms with Gasteiger partial charge in [-0.05, 0) is 60.5 Å². The quantitative estimate of drug-likeness (QED) is 0.405. The Kier molecular flexibility index (Phi) is 6.31. The van der Waals surface area contributed by atoms with Crippen LogP contribution in [0.15, 0.2) is 83.5 Å². The molecule has 0 aliphatic rings. The molecule has 0 bridgehead atoms. The van der Waals surface area contributed by atoms with Gasteiger partial charge in [-0.3, -0.25) is 9.48 Å². The zero-order chi connectivity index (χ0) is 22.3. The third-order valence-corrected chi connectivity index (χ3v) is 4.68. The zero-order valence-corrected chi connectivity index (χ0v) is 17.5. The summed E-state index contributed by atoms with van der Waals surface area (Å²) in [4.78, 5) is 24.7. The van der Waals surface area contributed by atoms with Crippen molar-refractivity contribution < 1.29 is 14.0 Å². The molecule has 8 heteroatoms. The van der Waals surface area contributed by atoms with Crippen molar-refractivity contribution in [2.75, 3.05) is 10.6 Å². The fourth-order valence-electron chi connectivity index (χ4n) is 3.18. The molecular formula is C24H23N5O3. The Bertz CT molecular complexity index is 1210. The lowest BCUT2D eigenvalue weighted by molar-refractivity contribution is 0.0921. The Labute approximate surface area is 185 Å². The van der Waals surface area contributed by atoms with Crippen LogP contribution in [0.5, 0.6) is 0 Å². The highest BCUT2D eigenvalue weighted by Gasteiger charge is 2.12. The highest BCUT2D eigenvalue weighted by molar-refractivity contribution is 5.99. The van der Waals surface area contributed by atoms with Gasteiger partial charge in [0.05, 0.1) is 6.54 Å². The Balaban J connectivity index is 1.30. The first-order valence-corrected chi connectivity index (χ1v) is 10.1. The summed E-state index contributed by atoms with van der Waals surface area (Å²) >= 11 is 0. The van der Waals surface area contributed by atoms with Gasteiger partial charge in [-0.25, -0.2) is 4.79 Å². The van der Waals surface area contributed by atoms with E-state index in [4.69, 9.17) is 4.42 Å². The van der Waals surface area contributed by atoms with Gasteiger partial charge in [-0.15, -0.1) is 0 Å². The number of urea groups is 1. The monoisotopic (exact) mass is 429 g/mol. The van der Waals surface area contributed by atoms with Crippen LogP contribution in [-0.2, 0) is 13.1 Å². The second-order valence-electron chi connectivity index (χ2n) is 7.30. The number of nitrogens with zero attached hydrogens (tertiary/aromatic N) is 2. The van der Waals surface area contributed by atoms with Gasteiger partial charge in [0.25, 0.3) is 5.91 Å². The van der Waals surface area contributed by atoms with E-state index in [0.29, 0.717) is 24.5 Å². The molecule has 0 aliphatic carbocycles. The number of aryl methyl sites for hydroxylation is 1. The van der Waals surface area contributed by atoms with Gasteiger partial charge >= 0.3 is 6.03 Å². The third-order valence-electron chi connectivity index (χ3n) is 4.68. The minimum Gasteiger partial charge on any atom is -0.454 e. The molecule has 0 unspecified atom stereocenters. The number of hydrogen-bond acceptors (Lipinski definition) is 4. The molecule has 0 atom stereocenters. The van der Waals surface area contributed by atoms with Crippen LogP contribution in [-0.4, -0.2) is 21.7 Å². The molecule has 0 aliphatic heterocycles. The van der Waals surface area contributed by atoms with Crippen LogP contribution >= 0.6 is 0 Å². The number of carbonyl (C=O) groups is 2. The minimum absolute atomic E-state index is 0.235. The molecule has 0 saturated heterocycles. The molecular weight excluding hydrogens is 406 g/mol. The number of hydrogen-bond donors (Lipinski definition) is 3. The molecule has 2 aromatic carbocycles. The molecule has 0 radical (unpaired) electrons. The van der Waals surface area contributed by atoms with Gasteiger partial charge in [-0.1, -0.05) is 24.3 Å². The van der Waals surface area contributed by atoms with Gasteiger partial charge in [0, 0.05) is 30.3 Å². The Hall–Kier alpha value is -4.33.